The van der Waals surface area contributed by atoms with Crippen molar-refractivity contribution in [1.29, 1.82) is 0 Å². The van der Waals surface area contributed by atoms with Gasteiger partial charge in [-0.3, -0.25) is 4.79 Å². The maximum absolute atomic E-state index is 11.8. The molecule has 0 saturated carbocycles. The Morgan fingerprint density at radius 2 is 2.00 bits per heavy atom. The number of hydrogen-bond acceptors (Lipinski definition) is 3. The first-order valence-electron chi connectivity index (χ1n) is 6.90. The number of H-pyrrole nitrogens is 1. The van der Waals surface area contributed by atoms with Crippen LogP contribution in [0.3, 0.4) is 0 Å². The summed E-state index contributed by atoms with van der Waals surface area (Å²) in [6.07, 6.45) is 0. The number of halogens is 2. The van der Waals surface area contributed by atoms with E-state index in [4.69, 9.17) is 27.9 Å². The molecule has 3 aromatic rings. The van der Waals surface area contributed by atoms with Crippen LogP contribution < -0.4 is 10.1 Å². The fraction of sp³-hybridized carbons (Fsp3) is 0.125. The second kappa shape index (κ2) is 6.89. The van der Waals surface area contributed by atoms with Crippen LogP contribution in [0.5, 0.6) is 5.75 Å². The molecule has 2 aromatic carbocycles. The average molecular weight is 350 g/mol. The number of aromatic nitrogens is 2. The minimum atomic E-state index is -0.253. The number of ether oxygens (including phenoxy) is 1. The SMILES string of the molecule is O=C(COc1ccc(Cl)c(Cl)c1)NCc1nc2ccccc2[nH]1. The Morgan fingerprint density at radius 1 is 1.17 bits per heavy atom. The van der Waals surface area contributed by atoms with Gasteiger partial charge in [-0.2, -0.15) is 0 Å². The lowest BCUT2D eigenvalue weighted by Gasteiger charge is -2.07. The normalized spacial score (nSPS) is 10.7. The molecule has 5 nitrogen and oxygen atoms in total. The summed E-state index contributed by atoms with van der Waals surface area (Å²) in [6, 6.07) is 12.5. The van der Waals surface area contributed by atoms with Gasteiger partial charge in [0.25, 0.3) is 5.91 Å². The van der Waals surface area contributed by atoms with Crippen molar-refractivity contribution in [2.24, 2.45) is 0 Å². The smallest absolute Gasteiger partial charge is 0.258 e. The van der Waals surface area contributed by atoms with Crippen molar-refractivity contribution in [3.05, 3.63) is 58.3 Å². The number of rotatable bonds is 5. The predicted molar refractivity (Wildman–Crippen MR) is 89.9 cm³/mol. The second-order valence-electron chi connectivity index (χ2n) is 4.84. The number of carbonyl (C=O) groups is 1. The lowest BCUT2D eigenvalue weighted by Crippen LogP contribution is -2.28. The number of aromatic amines is 1. The summed E-state index contributed by atoms with van der Waals surface area (Å²) < 4.78 is 5.37. The summed E-state index contributed by atoms with van der Waals surface area (Å²) >= 11 is 11.7. The molecule has 2 N–H and O–H groups in total. The summed E-state index contributed by atoms with van der Waals surface area (Å²) in [5.41, 5.74) is 1.80. The van der Waals surface area contributed by atoms with Gasteiger partial charge in [0.05, 0.1) is 27.6 Å². The first kappa shape index (κ1) is 15.6. The lowest BCUT2D eigenvalue weighted by atomic mass is 10.3. The first-order valence-corrected chi connectivity index (χ1v) is 7.65. The zero-order valence-corrected chi connectivity index (χ0v) is 13.5. The van der Waals surface area contributed by atoms with Gasteiger partial charge in [0.15, 0.2) is 6.61 Å². The molecule has 0 bridgehead atoms. The highest BCUT2D eigenvalue weighted by molar-refractivity contribution is 6.42. The summed E-state index contributed by atoms with van der Waals surface area (Å²) in [5, 5.41) is 3.56. The number of fused-ring (bicyclic) bond motifs is 1. The molecule has 0 aliphatic rings. The maximum Gasteiger partial charge on any atom is 0.258 e. The van der Waals surface area contributed by atoms with E-state index in [1.807, 2.05) is 24.3 Å². The molecule has 0 aliphatic heterocycles. The van der Waals surface area contributed by atoms with E-state index in [0.29, 0.717) is 28.2 Å². The molecule has 0 saturated heterocycles. The highest BCUT2D eigenvalue weighted by Crippen LogP contribution is 2.26. The number of hydrogen-bond donors (Lipinski definition) is 2. The molecule has 1 amide bonds. The van der Waals surface area contributed by atoms with Crippen molar-refractivity contribution in [1.82, 2.24) is 15.3 Å². The minimum absolute atomic E-state index is 0.113. The van der Waals surface area contributed by atoms with Gasteiger partial charge < -0.3 is 15.0 Å². The van der Waals surface area contributed by atoms with E-state index in [9.17, 15) is 4.79 Å². The Bertz CT molecular complexity index is 815. The number of para-hydroxylation sites is 2. The van der Waals surface area contributed by atoms with Crippen molar-refractivity contribution in [2.45, 2.75) is 6.54 Å². The third-order valence-corrected chi connectivity index (χ3v) is 3.89. The van der Waals surface area contributed by atoms with Crippen LogP contribution in [0.25, 0.3) is 11.0 Å². The summed E-state index contributed by atoms with van der Waals surface area (Å²) in [7, 11) is 0. The van der Waals surface area contributed by atoms with E-state index in [1.165, 1.54) is 0 Å². The maximum atomic E-state index is 11.8. The molecule has 0 unspecified atom stereocenters. The lowest BCUT2D eigenvalue weighted by molar-refractivity contribution is -0.123. The van der Waals surface area contributed by atoms with Gasteiger partial charge in [0.2, 0.25) is 0 Å². The highest BCUT2D eigenvalue weighted by atomic mass is 35.5. The van der Waals surface area contributed by atoms with E-state index >= 15 is 0 Å². The standard InChI is InChI=1S/C16H13Cl2N3O2/c17-11-6-5-10(7-12(11)18)23-9-16(22)19-8-15-20-13-3-1-2-4-14(13)21-15/h1-7H,8-9H2,(H,19,22)(H,20,21). The molecule has 0 spiro atoms. The van der Waals surface area contributed by atoms with Crippen LogP contribution in [0.4, 0.5) is 0 Å². The molecule has 7 heteroatoms. The van der Waals surface area contributed by atoms with Gasteiger partial charge in [0.1, 0.15) is 11.6 Å². The Labute approximate surface area is 142 Å². The molecule has 1 heterocycles. The van der Waals surface area contributed by atoms with Crippen LogP contribution >= 0.6 is 23.2 Å². The van der Waals surface area contributed by atoms with Crippen molar-refractivity contribution >= 4 is 40.1 Å². The second-order valence-corrected chi connectivity index (χ2v) is 5.66. The fourth-order valence-electron chi connectivity index (χ4n) is 2.04. The van der Waals surface area contributed by atoms with Gasteiger partial charge in [0, 0.05) is 6.07 Å². The van der Waals surface area contributed by atoms with Gasteiger partial charge in [-0.15, -0.1) is 0 Å². The van der Waals surface area contributed by atoms with Gasteiger partial charge in [-0.1, -0.05) is 35.3 Å². The molecule has 1 aromatic heterocycles. The molecule has 0 fully saturated rings. The quantitative estimate of drug-likeness (QED) is 0.739. The van der Waals surface area contributed by atoms with E-state index in [0.717, 1.165) is 11.0 Å². The number of benzene rings is 2. The molecular formula is C16H13Cl2N3O2. The Kier molecular flexibility index (Phi) is 4.69. The highest BCUT2D eigenvalue weighted by Gasteiger charge is 2.07. The van der Waals surface area contributed by atoms with Crippen LogP contribution in [0.1, 0.15) is 5.82 Å². The largest absolute Gasteiger partial charge is 0.484 e. The van der Waals surface area contributed by atoms with Crippen molar-refractivity contribution in [3.63, 3.8) is 0 Å². The molecule has 118 valence electrons. The topological polar surface area (TPSA) is 67.0 Å². The third kappa shape index (κ3) is 3.94. The Morgan fingerprint density at radius 3 is 2.78 bits per heavy atom. The van der Waals surface area contributed by atoms with Crippen LogP contribution in [0, 0.1) is 0 Å². The Balaban J connectivity index is 1.52. The van der Waals surface area contributed by atoms with Gasteiger partial charge >= 0.3 is 0 Å². The predicted octanol–water partition coefficient (Wildman–Crippen LogP) is 3.56. The van der Waals surface area contributed by atoms with Crippen LogP contribution in [-0.2, 0) is 11.3 Å². The van der Waals surface area contributed by atoms with Crippen LogP contribution in [0.15, 0.2) is 42.5 Å². The number of imidazole rings is 1. The van der Waals surface area contributed by atoms with Crippen LogP contribution in [-0.4, -0.2) is 22.5 Å². The summed E-state index contributed by atoms with van der Waals surface area (Å²) in [4.78, 5) is 19.3. The number of amides is 1. The third-order valence-electron chi connectivity index (χ3n) is 3.15. The monoisotopic (exact) mass is 349 g/mol. The Hall–Kier alpha value is -2.24. The van der Waals surface area contributed by atoms with Gasteiger partial charge in [-0.05, 0) is 24.3 Å². The zero-order valence-electron chi connectivity index (χ0n) is 12.0. The first-order chi connectivity index (χ1) is 11.1. The number of carbonyl (C=O) groups excluding carboxylic acids is 1. The van der Waals surface area contributed by atoms with Gasteiger partial charge in [-0.25, -0.2) is 4.98 Å². The minimum Gasteiger partial charge on any atom is -0.484 e. The molecule has 3 rings (SSSR count). The number of nitrogens with one attached hydrogen (secondary N) is 2. The van der Waals surface area contributed by atoms with Crippen molar-refractivity contribution in [3.8, 4) is 5.75 Å². The molecule has 0 atom stereocenters. The molecule has 0 radical (unpaired) electrons. The van der Waals surface area contributed by atoms with Crippen LogP contribution in [0.2, 0.25) is 10.0 Å². The van der Waals surface area contributed by atoms with Crippen molar-refractivity contribution < 1.29 is 9.53 Å². The van der Waals surface area contributed by atoms with E-state index in [-0.39, 0.29) is 12.5 Å². The molecule has 0 aliphatic carbocycles. The van der Waals surface area contributed by atoms with E-state index in [2.05, 4.69) is 15.3 Å². The van der Waals surface area contributed by atoms with E-state index < -0.39 is 0 Å². The van der Waals surface area contributed by atoms with E-state index in [1.54, 1.807) is 18.2 Å². The summed E-state index contributed by atoms with van der Waals surface area (Å²) in [6.45, 7) is 0.191. The molecule has 23 heavy (non-hydrogen) atoms. The molecular weight excluding hydrogens is 337 g/mol. The van der Waals surface area contributed by atoms with Crippen molar-refractivity contribution in [2.75, 3.05) is 6.61 Å². The summed E-state index contributed by atoms with van der Waals surface area (Å²) in [5.74, 6) is 0.920. The zero-order chi connectivity index (χ0) is 16.2. The average Bonchev–Trinajstić information content (AvgIpc) is 2.97. The number of nitrogens with zero attached hydrogens (tertiary/aromatic N) is 1. The fourth-order valence-corrected chi connectivity index (χ4v) is 2.33.